The number of nitrogens with one attached hydrogen (secondary N) is 1. The summed E-state index contributed by atoms with van der Waals surface area (Å²) in [4.78, 5) is 0. The first-order valence-electron chi connectivity index (χ1n) is 7.56. The lowest BCUT2D eigenvalue weighted by atomic mass is 10.0. The van der Waals surface area contributed by atoms with E-state index in [-0.39, 0.29) is 0 Å². The Labute approximate surface area is 129 Å². The zero-order valence-corrected chi connectivity index (χ0v) is 13.3. The number of hydrogen-bond acceptors (Lipinski definition) is 3. The minimum absolute atomic E-state index is 0.402. The fourth-order valence-corrected chi connectivity index (χ4v) is 2.94. The monoisotopic (exact) mass is 339 g/mol. The second-order valence-corrected chi connectivity index (χ2v) is 6.61. The summed E-state index contributed by atoms with van der Waals surface area (Å²) >= 11 is 3.54. The van der Waals surface area contributed by atoms with Crippen LogP contribution in [-0.2, 0) is 4.74 Å². The van der Waals surface area contributed by atoms with Crippen LogP contribution in [0.1, 0.15) is 37.3 Å². The van der Waals surface area contributed by atoms with Gasteiger partial charge in [0.1, 0.15) is 5.75 Å². The van der Waals surface area contributed by atoms with Gasteiger partial charge in [-0.25, -0.2) is 0 Å². The predicted molar refractivity (Wildman–Crippen MR) is 83.2 cm³/mol. The molecule has 110 valence electrons. The highest BCUT2D eigenvalue weighted by Gasteiger charge is 2.22. The van der Waals surface area contributed by atoms with Gasteiger partial charge < -0.3 is 14.8 Å². The molecule has 0 radical (unpaired) electrons. The Balaban J connectivity index is 1.42. The predicted octanol–water partition coefficient (Wildman–Crippen LogP) is 3.68. The second kappa shape index (κ2) is 6.92. The molecule has 20 heavy (non-hydrogen) atoms. The maximum absolute atomic E-state index is 5.70. The van der Waals surface area contributed by atoms with E-state index in [1.54, 1.807) is 0 Å². The van der Waals surface area contributed by atoms with Crippen molar-refractivity contribution in [1.82, 2.24) is 5.32 Å². The molecule has 1 fully saturated rings. The van der Waals surface area contributed by atoms with Gasteiger partial charge in [-0.2, -0.15) is 0 Å². The summed E-state index contributed by atoms with van der Waals surface area (Å²) < 4.78 is 12.5. The van der Waals surface area contributed by atoms with Crippen LogP contribution < -0.4 is 10.1 Å². The molecule has 1 aliphatic heterocycles. The zero-order valence-electron chi connectivity index (χ0n) is 11.7. The molecule has 1 aromatic rings. The summed E-state index contributed by atoms with van der Waals surface area (Å²) in [5.41, 5.74) is 1.27. The van der Waals surface area contributed by atoms with Crippen molar-refractivity contribution >= 4 is 15.9 Å². The molecular formula is C16H22BrNO2. The van der Waals surface area contributed by atoms with E-state index < -0.39 is 0 Å². The summed E-state index contributed by atoms with van der Waals surface area (Å²) in [7, 11) is 0. The molecule has 3 rings (SSSR count). The molecule has 1 atom stereocenters. The SMILES string of the molecule is Brc1ccc2c(c1)C(NCCCOCC1CC1)CCO2. The molecule has 2 aliphatic rings. The number of benzene rings is 1. The van der Waals surface area contributed by atoms with Gasteiger partial charge in [0, 0.05) is 35.7 Å². The molecule has 0 saturated heterocycles. The summed E-state index contributed by atoms with van der Waals surface area (Å²) in [6.07, 6.45) is 4.85. The maximum Gasteiger partial charge on any atom is 0.124 e. The van der Waals surface area contributed by atoms with Crippen molar-refractivity contribution in [3.05, 3.63) is 28.2 Å². The van der Waals surface area contributed by atoms with Gasteiger partial charge in [0.25, 0.3) is 0 Å². The van der Waals surface area contributed by atoms with E-state index in [2.05, 4.69) is 27.3 Å². The van der Waals surface area contributed by atoms with Gasteiger partial charge >= 0.3 is 0 Å². The highest BCUT2D eigenvalue weighted by molar-refractivity contribution is 9.10. The van der Waals surface area contributed by atoms with Crippen molar-refractivity contribution in [1.29, 1.82) is 0 Å². The molecule has 0 amide bonds. The normalized spacial score (nSPS) is 21.4. The topological polar surface area (TPSA) is 30.5 Å². The molecule has 1 saturated carbocycles. The minimum Gasteiger partial charge on any atom is -0.493 e. The fourth-order valence-electron chi connectivity index (χ4n) is 2.56. The van der Waals surface area contributed by atoms with Crippen LogP contribution in [0.25, 0.3) is 0 Å². The Morgan fingerprint density at radius 3 is 3.05 bits per heavy atom. The molecular weight excluding hydrogens is 318 g/mol. The van der Waals surface area contributed by atoms with Crippen molar-refractivity contribution in [2.45, 2.75) is 31.7 Å². The average molecular weight is 340 g/mol. The molecule has 3 nitrogen and oxygen atoms in total. The molecule has 4 heteroatoms. The Hall–Kier alpha value is -0.580. The highest BCUT2D eigenvalue weighted by Crippen LogP contribution is 2.34. The Kier molecular flexibility index (Phi) is 4.97. The zero-order chi connectivity index (χ0) is 13.8. The van der Waals surface area contributed by atoms with Gasteiger partial charge in [-0.1, -0.05) is 15.9 Å². The third-order valence-corrected chi connectivity index (χ3v) is 4.41. The number of fused-ring (bicyclic) bond motifs is 1. The van der Waals surface area contributed by atoms with Gasteiger partial charge in [0.2, 0.25) is 0 Å². The van der Waals surface area contributed by atoms with Crippen LogP contribution in [0.4, 0.5) is 0 Å². The van der Waals surface area contributed by atoms with Gasteiger partial charge in [-0.15, -0.1) is 0 Å². The van der Waals surface area contributed by atoms with E-state index in [9.17, 15) is 0 Å². The van der Waals surface area contributed by atoms with Crippen LogP contribution in [0.2, 0.25) is 0 Å². The van der Waals surface area contributed by atoms with E-state index in [4.69, 9.17) is 9.47 Å². The lowest BCUT2D eigenvalue weighted by Crippen LogP contribution is -2.28. The average Bonchev–Trinajstić information content (AvgIpc) is 3.27. The van der Waals surface area contributed by atoms with E-state index >= 15 is 0 Å². The van der Waals surface area contributed by atoms with Gasteiger partial charge in [0.15, 0.2) is 0 Å². The van der Waals surface area contributed by atoms with E-state index in [0.29, 0.717) is 6.04 Å². The third-order valence-electron chi connectivity index (χ3n) is 3.92. The standard InChI is InChI=1S/C16H22BrNO2/c17-13-4-5-16-14(10-13)15(6-9-20-16)18-7-1-8-19-11-12-2-3-12/h4-5,10,12,15,18H,1-3,6-9,11H2. The van der Waals surface area contributed by atoms with Crippen LogP contribution in [0, 0.1) is 5.92 Å². The van der Waals surface area contributed by atoms with Crippen LogP contribution >= 0.6 is 15.9 Å². The Bertz CT molecular complexity index is 448. The first-order chi connectivity index (χ1) is 9.83. The minimum atomic E-state index is 0.402. The number of hydrogen-bond donors (Lipinski definition) is 1. The van der Waals surface area contributed by atoms with Crippen molar-refractivity contribution in [2.24, 2.45) is 5.92 Å². The van der Waals surface area contributed by atoms with Crippen molar-refractivity contribution in [3.63, 3.8) is 0 Å². The maximum atomic E-state index is 5.70. The molecule has 1 aliphatic carbocycles. The molecule has 0 spiro atoms. The number of ether oxygens (including phenoxy) is 2. The highest BCUT2D eigenvalue weighted by atomic mass is 79.9. The van der Waals surface area contributed by atoms with Crippen LogP contribution in [0.5, 0.6) is 5.75 Å². The van der Waals surface area contributed by atoms with Gasteiger partial charge in [0.05, 0.1) is 6.61 Å². The molecule has 1 unspecified atom stereocenters. The molecule has 1 heterocycles. The summed E-state index contributed by atoms with van der Waals surface area (Å²) in [5.74, 6) is 1.88. The van der Waals surface area contributed by atoms with Crippen LogP contribution in [0.3, 0.4) is 0 Å². The second-order valence-electron chi connectivity index (χ2n) is 5.70. The quantitative estimate of drug-likeness (QED) is 0.768. The summed E-state index contributed by atoms with van der Waals surface area (Å²) in [5, 5.41) is 3.63. The third kappa shape index (κ3) is 3.96. The summed E-state index contributed by atoms with van der Waals surface area (Å²) in [6, 6.07) is 6.65. The van der Waals surface area contributed by atoms with Crippen molar-refractivity contribution < 1.29 is 9.47 Å². The summed E-state index contributed by atoms with van der Waals surface area (Å²) in [6.45, 7) is 3.64. The van der Waals surface area contributed by atoms with Gasteiger partial charge in [-0.05, 0) is 49.9 Å². The van der Waals surface area contributed by atoms with E-state index in [0.717, 1.165) is 55.3 Å². The van der Waals surface area contributed by atoms with Crippen LogP contribution in [0.15, 0.2) is 22.7 Å². The molecule has 0 aromatic heterocycles. The molecule has 1 aromatic carbocycles. The largest absolute Gasteiger partial charge is 0.493 e. The van der Waals surface area contributed by atoms with E-state index in [1.165, 1.54) is 18.4 Å². The van der Waals surface area contributed by atoms with E-state index in [1.807, 2.05) is 12.1 Å². The van der Waals surface area contributed by atoms with Gasteiger partial charge in [-0.3, -0.25) is 0 Å². The first kappa shape index (κ1) is 14.4. The number of halogens is 1. The first-order valence-corrected chi connectivity index (χ1v) is 8.35. The lowest BCUT2D eigenvalue weighted by Gasteiger charge is -2.27. The smallest absolute Gasteiger partial charge is 0.124 e. The van der Waals surface area contributed by atoms with Crippen LogP contribution in [-0.4, -0.2) is 26.4 Å². The van der Waals surface area contributed by atoms with Crippen molar-refractivity contribution in [2.75, 3.05) is 26.4 Å². The number of rotatable bonds is 7. The Morgan fingerprint density at radius 1 is 1.30 bits per heavy atom. The molecule has 0 bridgehead atoms. The fraction of sp³-hybridized carbons (Fsp3) is 0.625. The Morgan fingerprint density at radius 2 is 2.20 bits per heavy atom. The van der Waals surface area contributed by atoms with Crippen molar-refractivity contribution in [3.8, 4) is 5.75 Å². The lowest BCUT2D eigenvalue weighted by molar-refractivity contribution is 0.121. The molecule has 1 N–H and O–H groups in total.